The first-order valence-corrected chi connectivity index (χ1v) is 10.9. The number of nitrogens with zero attached hydrogens (tertiary/aromatic N) is 4. The Hall–Kier alpha value is -3.00. The molecule has 1 heterocycles. The van der Waals surface area contributed by atoms with E-state index in [1.807, 2.05) is 68.9 Å². The average molecular weight is 426 g/mol. The van der Waals surface area contributed by atoms with Crippen molar-refractivity contribution >= 4 is 29.0 Å². The standard InChI is InChI=1S/C22H27N5O2S/c1-5-27-21(16-8-7-9-18(14-16)26(3)4)24-25-22(27)30-15-20(28)23-17-10-12-19(13-11-17)29-6-2/h7-14H,5-6,15H2,1-4H3,(H,23,28). The minimum Gasteiger partial charge on any atom is -0.494 e. The molecule has 0 fully saturated rings. The normalized spacial score (nSPS) is 10.7. The van der Waals surface area contributed by atoms with Gasteiger partial charge >= 0.3 is 0 Å². The number of rotatable bonds is 9. The molecule has 0 aliphatic heterocycles. The van der Waals surface area contributed by atoms with E-state index in [1.54, 1.807) is 0 Å². The van der Waals surface area contributed by atoms with Gasteiger partial charge < -0.3 is 19.5 Å². The molecule has 0 spiro atoms. The number of hydrogen-bond donors (Lipinski definition) is 1. The van der Waals surface area contributed by atoms with Gasteiger partial charge in [0.1, 0.15) is 5.75 Å². The summed E-state index contributed by atoms with van der Waals surface area (Å²) in [7, 11) is 4.02. The molecule has 0 aliphatic rings. The predicted molar refractivity (Wildman–Crippen MR) is 122 cm³/mol. The summed E-state index contributed by atoms with van der Waals surface area (Å²) < 4.78 is 7.45. The molecule has 2 aromatic carbocycles. The van der Waals surface area contributed by atoms with Crippen LogP contribution in [0.25, 0.3) is 11.4 Å². The van der Waals surface area contributed by atoms with Gasteiger partial charge in [0.15, 0.2) is 11.0 Å². The maximum absolute atomic E-state index is 12.4. The molecule has 8 heteroatoms. The second-order valence-corrected chi connectivity index (χ2v) is 7.73. The maximum atomic E-state index is 12.4. The summed E-state index contributed by atoms with van der Waals surface area (Å²) in [5.74, 6) is 1.75. The number of thioether (sulfide) groups is 1. The smallest absolute Gasteiger partial charge is 0.234 e. The van der Waals surface area contributed by atoms with Crippen molar-refractivity contribution in [2.45, 2.75) is 25.5 Å². The van der Waals surface area contributed by atoms with Crippen molar-refractivity contribution in [3.63, 3.8) is 0 Å². The van der Waals surface area contributed by atoms with Crippen molar-refractivity contribution in [2.24, 2.45) is 0 Å². The summed E-state index contributed by atoms with van der Waals surface area (Å²) in [6.07, 6.45) is 0. The number of benzene rings is 2. The Balaban J connectivity index is 1.66. The van der Waals surface area contributed by atoms with Gasteiger partial charge in [0.25, 0.3) is 0 Å². The molecule has 0 bridgehead atoms. The summed E-state index contributed by atoms with van der Waals surface area (Å²) in [5.41, 5.74) is 2.84. The Morgan fingerprint density at radius 2 is 1.90 bits per heavy atom. The van der Waals surface area contributed by atoms with E-state index in [2.05, 4.69) is 32.5 Å². The summed E-state index contributed by atoms with van der Waals surface area (Å²) in [5, 5.41) is 12.3. The van der Waals surface area contributed by atoms with Crippen molar-refractivity contribution in [3.05, 3.63) is 48.5 Å². The lowest BCUT2D eigenvalue weighted by molar-refractivity contribution is -0.113. The van der Waals surface area contributed by atoms with Crippen LogP contribution in [0, 0.1) is 0 Å². The monoisotopic (exact) mass is 425 g/mol. The first kappa shape index (κ1) is 21.7. The number of hydrogen-bond acceptors (Lipinski definition) is 6. The molecule has 30 heavy (non-hydrogen) atoms. The first-order valence-electron chi connectivity index (χ1n) is 9.88. The van der Waals surface area contributed by atoms with Gasteiger partial charge in [-0.25, -0.2) is 0 Å². The van der Waals surface area contributed by atoms with E-state index in [0.717, 1.165) is 40.2 Å². The molecule has 0 saturated heterocycles. The van der Waals surface area contributed by atoms with Crippen LogP contribution in [-0.2, 0) is 11.3 Å². The average Bonchev–Trinajstić information content (AvgIpc) is 3.17. The highest BCUT2D eigenvalue weighted by Crippen LogP contribution is 2.26. The van der Waals surface area contributed by atoms with Gasteiger partial charge in [-0.15, -0.1) is 10.2 Å². The third-order valence-corrected chi connectivity index (χ3v) is 5.40. The number of nitrogens with one attached hydrogen (secondary N) is 1. The zero-order valence-corrected chi connectivity index (χ0v) is 18.6. The molecule has 1 aromatic heterocycles. The van der Waals surface area contributed by atoms with Gasteiger partial charge in [-0.05, 0) is 50.2 Å². The SMILES string of the molecule is CCOc1ccc(NC(=O)CSc2nnc(-c3cccc(N(C)C)c3)n2CC)cc1. The van der Waals surface area contributed by atoms with E-state index in [-0.39, 0.29) is 11.7 Å². The van der Waals surface area contributed by atoms with Gasteiger partial charge in [0, 0.05) is 37.6 Å². The molecule has 3 aromatic rings. The van der Waals surface area contributed by atoms with Gasteiger partial charge in [0.05, 0.1) is 12.4 Å². The van der Waals surface area contributed by atoms with E-state index in [4.69, 9.17) is 4.74 Å². The zero-order valence-electron chi connectivity index (χ0n) is 17.8. The summed E-state index contributed by atoms with van der Waals surface area (Å²) in [6.45, 7) is 5.32. The number of ether oxygens (including phenoxy) is 1. The van der Waals surface area contributed by atoms with Crippen LogP contribution < -0.4 is 15.0 Å². The minimum absolute atomic E-state index is 0.0917. The minimum atomic E-state index is -0.0917. The fourth-order valence-electron chi connectivity index (χ4n) is 2.95. The van der Waals surface area contributed by atoms with Crippen molar-refractivity contribution in [1.82, 2.24) is 14.8 Å². The molecule has 1 N–H and O–H groups in total. The highest BCUT2D eigenvalue weighted by molar-refractivity contribution is 7.99. The van der Waals surface area contributed by atoms with Crippen LogP contribution in [0.15, 0.2) is 53.7 Å². The largest absolute Gasteiger partial charge is 0.494 e. The Kier molecular flexibility index (Phi) is 7.35. The lowest BCUT2D eigenvalue weighted by atomic mass is 10.2. The molecule has 0 unspecified atom stereocenters. The summed E-state index contributed by atoms with van der Waals surface area (Å²) >= 11 is 1.38. The van der Waals surface area contributed by atoms with E-state index in [0.29, 0.717) is 6.61 Å². The van der Waals surface area contributed by atoms with E-state index >= 15 is 0 Å². The highest BCUT2D eigenvalue weighted by atomic mass is 32.2. The van der Waals surface area contributed by atoms with Crippen LogP contribution in [-0.4, -0.2) is 47.1 Å². The summed E-state index contributed by atoms with van der Waals surface area (Å²) in [4.78, 5) is 14.4. The van der Waals surface area contributed by atoms with E-state index in [9.17, 15) is 4.79 Å². The number of amides is 1. The quantitative estimate of drug-likeness (QED) is 0.519. The third-order valence-electron chi connectivity index (χ3n) is 4.44. The first-order chi connectivity index (χ1) is 14.5. The number of aromatic nitrogens is 3. The lowest BCUT2D eigenvalue weighted by Gasteiger charge is -2.14. The maximum Gasteiger partial charge on any atom is 0.234 e. The molecule has 7 nitrogen and oxygen atoms in total. The third kappa shape index (κ3) is 5.33. The van der Waals surface area contributed by atoms with Gasteiger partial charge in [0.2, 0.25) is 5.91 Å². The van der Waals surface area contributed by atoms with Crippen molar-refractivity contribution in [2.75, 3.05) is 36.7 Å². The molecule has 0 atom stereocenters. The number of carbonyl (C=O) groups is 1. The molecule has 0 radical (unpaired) electrons. The highest BCUT2D eigenvalue weighted by Gasteiger charge is 2.15. The van der Waals surface area contributed by atoms with E-state index < -0.39 is 0 Å². The molecular formula is C22H27N5O2S. The number of carbonyl (C=O) groups excluding carboxylic acids is 1. The Labute approximate surface area is 181 Å². The predicted octanol–water partition coefficient (Wildman–Crippen LogP) is 4.16. The molecule has 0 aliphatic carbocycles. The molecular weight excluding hydrogens is 398 g/mol. The van der Waals surface area contributed by atoms with E-state index in [1.165, 1.54) is 11.8 Å². The second kappa shape index (κ2) is 10.2. The zero-order chi connectivity index (χ0) is 21.5. The Morgan fingerprint density at radius 1 is 1.13 bits per heavy atom. The Bertz CT molecular complexity index is 985. The summed E-state index contributed by atoms with van der Waals surface area (Å²) in [6, 6.07) is 15.5. The molecule has 1 amide bonds. The van der Waals surface area contributed by atoms with Crippen LogP contribution in [0.5, 0.6) is 5.75 Å². The van der Waals surface area contributed by atoms with Crippen LogP contribution >= 0.6 is 11.8 Å². The Morgan fingerprint density at radius 3 is 2.57 bits per heavy atom. The van der Waals surface area contributed by atoms with Gasteiger partial charge in [-0.2, -0.15) is 0 Å². The van der Waals surface area contributed by atoms with Crippen LogP contribution in [0.1, 0.15) is 13.8 Å². The number of anilines is 2. The van der Waals surface area contributed by atoms with Crippen LogP contribution in [0.4, 0.5) is 11.4 Å². The van der Waals surface area contributed by atoms with Crippen molar-refractivity contribution in [3.8, 4) is 17.1 Å². The van der Waals surface area contributed by atoms with Crippen molar-refractivity contribution in [1.29, 1.82) is 0 Å². The topological polar surface area (TPSA) is 72.3 Å². The molecule has 158 valence electrons. The molecule has 0 saturated carbocycles. The molecule has 3 rings (SSSR count). The van der Waals surface area contributed by atoms with Crippen LogP contribution in [0.3, 0.4) is 0 Å². The lowest BCUT2D eigenvalue weighted by Crippen LogP contribution is -2.14. The van der Waals surface area contributed by atoms with Gasteiger partial charge in [-0.3, -0.25) is 4.79 Å². The fraction of sp³-hybridized carbons (Fsp3) is 0.318. The van der Waals surface area contributed by atoms with Gasteiger partial charge in [-0.1, -0.05) is 23.9 Å². The van der Waals surface area contributed by atoms with Crippen molar-refractivity contribution < 1.29 is 9.53 Å². The second-order valence-electron chi connectivity index (χ2n) is 6.79. The fourth-order valence-corrected chi connectivity index (χ4v) is 3.75. The van der Waals surface area contributed by atoms with Crippen LogP contribution in [0.2, 0.25) is 0 Å².